The second-order valence-corrected chi connectivity index (χ2v) is 8.64. The fourth-order valence-corrected chi connectivity index (χ4v) is 4.61. The molecule has 3 heterocycles. The Bertz CT molecular complexity index is 1050. The van der Waals surface area contributed by atoms with Crippen molar-refractivity contribution >= 4 is 28.1 Å². The Hall–Kier alpha value is -2.75. The van der Waals surface area contributed by atoms with Crippen LogP contribution >= 0.6 is 11.3 Å². The smallest absolute Gasteiger partial charge is 0.254 e. The van der Waals surface area contributed by atoms with Crippen molar-refractivity contribution in [3.63, 3.8) is 0 Å². The van der Waals surface area contributed by atoms with Crippen LogP contribution in [-0.2, 0) is 0 Å². The van der Waals surface area contributed by atoms with Crippen LogP contribution in [0.25, 0.3) is 21.5 Å². The molecule has 5 nitrogen and oxygen atoms in total. The monoisotopic (exact) mass is 404 g/mol. The summed E-state index contributed by atoms with van der Waals surface area (Å²) < 4.78 is 0. The molecule has 1 amide bonds. The van der Waals surface area contributed by atoms with Crippen molar-refractivity contribution < 1.29 is 4.79 Å². The number of hydrogen-bond donors (Lipinski definition) is 0. The maximum absolute atomic E-state index is 13.4. The van der Waals surface area contributed by atoms with Crippen LogP contribution in [0.4, 0.5) is 0 Å². The molecule has 148 valence electrons. The number of fused-ring (bicyclic) bond motifs is 1. The summed E-state index contributed by atoms with van der Waals surface area (Å²) in [5.41, 5.74) is 2.38. The minimum absolute atomic E-state index is 0.0408. The summed E-state index contributed by atoms with van der Waals surface area (Å²) >= 11 is 1.62. The number of carbonyl (C=O) groups is 1. The Morgan fingerprint density at radius 2 is 1.90 bits per heavy atom. The standard InChI is InChI=1S/C23H24N4OS/c1-16(2)21(15-24)26-9-11-27(12-10-26)23(28)18-14-20(22-8-5-13-29-22)25-19-7-4-3-6-17(18)19/h3-8,13-14,16,21H,9-12H2,1-2H3. The molecule has 4 rings (SSSR count). The topological polar surface area (TPSA) is 60.2 Å². The van der Waals surface area contributed by atoms with Crippen LogP contribution in [0.15, 0.2) is 47.8 Å². The van der Waals surface area contributed by atoms with Crippen molar-refractivity contribution in [3.05, 3.63) is 53.4 Å². The average molecular weight is 405 g/mol. The Balaban J connectivity index is 1.62. The Morgan fingerprint density at radius 3 is 2.55 bits per heavy atom. The summed E-state index contributed by atoms with van der Waals surface area (Å²) in [6.07, 6.45) is 0. The molecule has 2 aromatic heterocycles. The van der Waals surface area contributed by atoms with Gasteiger partial charge in [-0.25, -0.2) is 4.98 Å². The summed E-state index contributed by atoms with van der Waals surface area (Å²) in [7, 11) is 0. The van der Waals surface area contributed by atoms with Gasteiger partial charge in [-0.1, -0.05) is 38.1 Å². The number of carbonyl (C=O) groups excluding carboxylic acids is 1. The zero-order chi connectivity index (χ0) is 20.4. The quantitative estimate of drug-likeness (QED) is 0.652. The molecule has 0 bridgehead atoms. The Kier molecular flexibility index (Phi) is 5.61. The van der Waals surface area contributed by atoms with Crippen molar-refractivity contribution in [2.45, 2.75) is 19.9 Å². The molecule has 0 aliphatic carbocycles. The van der Waals surface area contributed by atoms with E-state index in [1.807, 2.05) is 52.7 Å². The van der Waals surface area contributed by atoms with E-state index in [-0.39, 0.29) is 17.9 Å². The maximum atomic E-state index is 13.4. The average Bonchev–Trinajstić information content (AvgIpc) is 3.28. The Morgan fingerprint density at radius 1 is 1.14 bits per heavy atom. The molecular formula is C23H24N4OS. The van der Waals surface area contributed by atoms with Gasteiger partial charge in [0.25, 0.3) is 5.91 Å². The number of hydrogen-bond acceptors (Lipinski definition) is 5. The molecule has 1 aromatic carbocycles. The molecule has 1 aliphatic heterocycles. The SMILES string of the molecule is CC(C)C(C#N)N1CCN(C(=O)c2cc(-c3cccs3)nc3ccccc23)CC1. The van der Waals surface area contributed by atoms with Gasteiger partial charge in [-0.15, -0.1) is 11.3 Å². The number of nitriles is 1. The first-order valence-electron chi connectivity index (χ1n) is 9.95. The third-order valence-electron chi connectivity index (χ3n) is 5.48. The summed E-state index contributed by atoms with van der Waals surface area (Å²) in [4.78, 5) is 23.4. The van der Waals surface area contributed by atoms with Gasteiger partial charge in [-0.05, 0) is 29.5 Å². The number of rotatable bonds is 4. The number of nitrogens with zero attached hydrogens (tertiary/aromatic N) is 4. The first-order valence-corrected chi connectivity index (χ1v) is 10.8. The van der Waals surface area contributed by atoms with E-state index in [1.165, 1.54) is 0 Å². The summed E-state index contributed by atoms with van der Waals surface area (Å²) in [6.45, 7) is 6.86. The molecule has 0 radical (unpaired) electrons. The van der Waals surface area contributed by atoms with Gasteiger partial charge in [0.15, 0.2) is 0 Å². The minimum Gasteiger partial charge on any atom is -0.336 e. The summed E-state index contributed by atoms with van der Waals surface area (Å²) in [6, 6.07) is 16.1. The molecule has 1 unspecified atom stereocenters. The van der Waals surface area contributed by atoms with Gasteiger partial charge in [-0.2, -0.15) is 5.26 Å². The lowest BCUT2D eigenvalue weighted by molar-refractivity contribution is 0.0578. The van der Waals surface area contributed by atoms with E-state index < -0.39 is 0 Å². The van der Waals surface area contributed by atoms with Crippen LogP contribution in [0.2, 0.25) is 0 Å². The van der Waals surface area contributed by atoms with E-state index in [9.17, 15) is 10.1 Å². The first kappa shape index (κ1) is 19.6. The molecule has 0 N–H and O–H groups in total. The highest BCUT2D eigenvalue weighted by Crippen LogP contribution is 2.29. The molecule has 1 saturated heterocycles. The third kappa shape index (κ3) is 3.89. The molecule has 0 saturated carbocycles. The third-order valence-corrected chi connectivity index (χ3v) is 6.37. The molecule has 3 aromatic rings. The van der Waals surface area contributed by atoms with Gasteiger partial charge in [0.05, 0.1) is 27.7 Å². The highest BCUT2D eigenvalue weighted by Gasteiger charge is 2.29. The number of amides is 1. The first-order chi connectivity index (χ1) is 14.1. The van der Waals surface area contributed by atoms with Crippen molar-refractivity contribution in [1.29, 1.82) is 5.26 Å². The van der Waals surface area contributed by atoms with Crippen LogP contribution in [0, 0.1) is 17.2 Å². The number of para-hydroxylation sites is 1. The van der Waals surface area contributed by atoms with Gasteiger partial charge in [-0.3, -0.25) is 9.69 Å². The van der Waals surface area contributed by atoms with Crippen LogP contribution < -0.4 is 0 Å². The summed E-state index contributed by atoms with van der Waals surface area (Å²) in [5.74, 6) is 0.318. The highest BCUT2D eigenvalue weighted by molar-refractivity contribution is 7.13. The van der Waals surface area contributed by atoms with Gasteiger partial charge in [0.1, 0.15) is 6.04 Å². The lowest BCUT2D eigenvalue weighted by Crippen LogP contribution is -2.52. The predicted octanol–water partition coefficient (Wildman–Crippen LogP) is 4.27. The maximum Gasteiger partial charge on any atom is 0.254 e. The van der Waals surface area contributed by atoms with Crippen molar-refractivity contribution in [2.24, 2.45) is 5.92 Å². The van der Waals surface area contributed by atoms with Crippen LogP contribution in [-0.4, -0.2) is 52.9 Å². The minimum atomic E-state index is -0.0977. The number of thiophene rings is 1. The van der Waals surface area contributed by atoms with E-state index >= 15 is 0 Å². The lowest BCUT2D eigenvalue weighted by Gasteiger charge is -2.38. The molecular weight excluding hydrogens is 380 g/mol. The Labute approximate surface area is 175 Å². The molecule has 6 heteroatoms. The zero-order valence-electron chi connectivity index (χ0n) is 16.7. The van der Waals surface area contributed by atoms with Crippen LogP contribution in [0.1, 0.15) is 24.2 Å². The molecule has 0 spiro atoms. The molecule has 1 fully saturated rings. The molecule has 1 aliphatic rings. The van der Waals surface area contributed by atoms with Crippen LogP contribution in [0.5, 0.6) is 0 Å². The van der Waals surface area contributed by atoms with E-state index in [4.69, 9.17) is 4.98 Å². The van der Waals surface area contributed by atoms with Gasteiger partial charge in [0, 0.05) is 31.6 Å². The predicted molar refractivity (Wildman–Crippen MR) is 117 cm³/mol. The molecule has 1 atom stereocenters. The zero-order valence-corrected chi connectivity index (χ0v) is 17.5. The second kappa shape index (κ2) is 8.32. The summed E-state index contributed by atoms with van der Waals surface area (Å²) in [5, 5.41) is 12.4. The van der Waals surface area contributed by atoms with Crippen LogP contribution in [0.3, 0.4) is 0 Å². The van der Waals surface area contributed by atoms with E-state index in [0.717, 1.165) is 34.6 Å². The molecule has 29 heavy (non-hydrogen) atoms. The van der Waals surface area contributed by atoms with E-state index in [2.05, 4.69) is 24.8 Å². The van der Waals surface area contributed by atoms with Crippen molar-refractivity contribution in [1.82, 2.24) is 14.8 Å². The number of aromatic nitrogens is 1. The van der Waals surface area contributed by atoms with Gasteiger partial charge < -0.3 is 4.90 Å². The second-order valence-electron chi connectivity index (χ2n) is 7.70. The van der Waals surface area contributed by atoms with Crippen molar-refractivity contribution in [2.75, 3.05) is 26.2 Å². The highest BCUT2D eigenvalue weighted by atomic mass is 32.1. The van der Waals surface area contributed by atoms with Crippen molar-refractivity contribution in [3.8, 4) is 16.6 Å². The number of pyridine rings is 1. The largest absolute Gasteiger partial charge is 0.336 e. The number of benzene rings is 1. The fraction of sp³-hybridized carbons (Fsp3) is 0.348. The van der Waals surface area contributed by atoms with E-state index in [1.54, 1.807) is 11.3 Å². The normalized spacial score (nSPS) is 16.1. The van der Waals surface area contributed by atoms with Gasteiger partial charge >= 0.3 is 0 Å². The lowest BCUT2D eigenvalue weighted by atomic mass is 10.0. The number of piperazine rings is 1. The van der Waals surface area contributed by atoms with Gasteiger partial charge in [0.2, 0.25) is 0 Å². The van der Waals surface area contributed by atoms with E-state index in [0.29, 0.717) is 18.7 Å². The fourth-order valence-electron chi connectivity index (χ4n) is 3.93.